The second kappa shape index (κ2) is 13.7. The van der Waals surface area contributed by atoms with Gasteiger partial charge in [-0.05, 0) is 34.1 Å². The Morgan fingerprint density at radius 3 is 1.46 bits per heavy atom. The number of rotatable bonds is 9. The first kappa shape index (κ1) is 24.6. The molecule has 0 aromatic carbocycles. The van der Waals surface area contributed by atoms with Gasteiger partial charge in [0.2, 0.25) is 0 Å². The second-order valence-electron chi connectivity index (χ2n) is 4.97. The number of carbonyl (C=O) groups excluding carboxylic acids is 3. The van der Waals surface area contributed by atoms with Gasteiger partial charge in [-0.3, -0.25) is 9.59 Å². The van der Waals surface area contributed by atoms with Crippen molar-refractivity contribution < 1.29 is 38.8 Å². The molecule has 0 heterocycles. The van der Waals surface area contributed by atoms with Crippen molar-refractivity contribution in [3.05, 3.63) is 0 Å². The summed E-state index contributed by atoms with van der Waals surface area (Å²) in [5.74, 6) is -2.62. The molecule has 8 heteroatoms. The molecule has 0 bridgehead atoms. The van der Waals surface area contributed by atoms with Gasteiger partial charge in [0, 0.05) is 0 Å². The topological polar surface area (TPSA) is 119 Å². The van der Waals surface area contributed by atoms with E-state index in [1.807, 2.05) is 6.92 Å². The molecular formula is C16H30O8. The second-order valence-corrected chi connectivity index (χ2v) is 4.97. The van der Waals surface area contributed by atoms with Crippen LogP contribution in [0.15, 0.2) is 0 Å². The van der Waals surface area contributed by atoms with Gasteiger partial charge in [0.25, 0.3) is 0 Å². The van der Waals surface area contributed by atoms with Crippen molar-refractivity contribution in [2.24, 2.45) is 0 Å². The molecule has 0 aliphatic carbocycles. The molecule has 1 atom stereocenters. The zero-order valence-electron chi connectivity index (χ0n) is 15.2. The monoisotopic (exact) mass is 350 g/mol. The average molecular weight is 350 g/mol. The lowest BCUT2D eigenvalue weighted by Crippen LogP contribution is -2.44. The van der Waals surface area contributed by atoms with Crippen LogP contribution in [0.1, 0.15) is 53.9 Å². The minimum atomic E-state index is -2.26. The summed E-state index contributed by atoms with van der Waals surface area (Å²) in [6.07, 6.45) is -0.563. The largest absolute Gasteiger partial charge is 0.466 e. The Morgan fingerprint density at radius 1 is 0.875 bits per heavy atom. The average Bonchev–Trinajstić information content (AvgIpc) is 2.48. The van der Waals surface area contributed by atoms with Gasteiger partial charge in [-0.25, -0.2) is 4.79 Å². The van der Waals surface area contributed by atoms with Gasteiger partial charge in [0.15, 0.2) is 5.60 Å². The van der Waals surface area contributed by atoms with Gasteiger partial charge in [0.1, 0.15) is 0 Å². The van der Waals surface area contributed by atoms with Crippen molar-refractivity contribution >= 4 is 17.9 Å². The van der Waals surface area contributed by atoms with Crippen molar-refractivity contribution in [3.63, 3.8) is 0 Å². The van der Waals surface area contributed by atoms with Gasteiger partial charge in [-0.2, -0.15) is 0 Å². The van der Waals surface area contributed by atoms with Gasteiger partial charge in [-0.1, -0.05) is 6.92 Å². The molecule has 0 saturated heterocycles. The zero-order valence-corrected chi connectivity index (χ0v) is 15.2. The highest BCUT2D eigenvalue weighted by Crippen LogP contribution is 2.19. The van der Waals surface area contributed by atoms with Gasteiger partial charge >= 0.3 is 17.9 Å². The lowest BCUT2D eigenvalue weighted by atomic mass is 9.95. The van der Waals surface area contributed by atoms with Crippen LogP contribution in [0, 0.1) is 0 Å². The standard InChI is InChI=1S/C12H20O7.C4H10O/c1-4-17-9(13)7-12(16,11(15)19-6-3)8-10(14)18-5-2;1-3-4(2)5/h16H,4-8H2,1-3H3;4-5H,3H2,1-2H3. The number of carbonyl (C=O) groups is 3. The Kier molecular flexibility index (Phi) is 14.1. The van der Waals surface area contributed by atoms with E-state index in [0.29, 0.717) is 0 Å². The molecule has 8 nitrogen and oxygen atoms in total. The summed E-state index contributed by atoms with van der Waals surface area (Å²) in [7, 11) is 0. The molecule has 142 valence electrons. The quantitative estimate of drug-likeness (QED) is 0.466. The summed E-state index contributed by atoms with van der Waals surface area (Å²) >= 11 is 0. The summed E-state index contributed by atoms with van der Waals surface area (Å²) < 4.78 is 14.0. The third-order valence-corrected chi connectivity index (χ3v) is 2.73. The fraction of sp³-hybridized carbons (Fsp3) is 0.812. The number of esters is 3. The molecule has 0 aliphatic heterocycles. The molecule has 0 rings (SSSR count). The van der Waals surface area contributed by atoms with E-state index in [9.17, 15) is 19.5 Å². The molecule has 0 aromatic heterocycles. The maximum Gasteiger partial charge on any atom is 0.339 e. The van der Waals surface area contributed by atoms with Gasteiger partial charge in [-0.15, -0.1) is 0 Å². The molecule has 0 saturated carbocycles. The van der Waals surface area contributed by atoms with E-state index in [1.54, 1.807) is 27.7 Å². The van der Waals surface area contributed by atoms with Crippen molar-refractivity contribution in [2.45, 2.75) is 65.6 Å². The van der Waals surface area contributed by atoms with E-state index in [-0.39, 0.29) is 25.9 Å². The van der Waals surface area contributed by atoms with Crippen LogP contribution in [0.25, 0.3) is 0 Å². The van der Waals surface area contributed by atoms with Crippen LogP contribution in [0.5, 0.6) is 0 Å². The van der Waals surface area contributed by atoms with Crippen molar-refractivity contribution in [1.82, 2.24) is 0 Å². The van der Waals surface area contributed by atoms with E-state index in [0.717, 1.165) is 6.42 Å². The smallest absolute Gasteiger partial charge is 0.339 e. The molecule has 0 spiro atoms. The van der Waals surface area contributed by atoms with Gasteiger partial charge < -0.3 is 24.4 Å². The van der Waals surface area contributed by atoms with E-state index < -0.39 is 36.4 Å². The Morgan fingerprint density at radius 2 is 1.21 bits per heavy atom. The molecule has 0 radical (unpaired) electrons. The maximum atomic E-state index is 11.7. The van der Waals surface area contributed by atoms with Crippen LogP contribution in [-0.4, -0.2) is 59.6 Å². The molecule has 0 amide bonds. The summed E-state index contributed by atoms with van der Waals surface area (Å²) in [5.41, 5.74) is -2.26. The highest BCUT2D eigenvalue weighted by Gasteiger charge is 2.43. The van der Waals surface area contributed by atoms with Crippen molar-refractivity contribution in [1.29, 1.82) is 0 Å². The summed E-state index contributed by atoms with van der Waals surface area (Å²) in [6.45, 7) is 8.69. The highest BCUT2D eigenvalue weighted by molar-refractivity contribution is 5.90. The molecule has 0 aliphatic rings. The fourth-order valence-electron chi connectivity index (χ4n) is 1.37. The maximum absolute atomic E-state index is 11.7. The van der Waals surface area contributed by atoms with Crippen molar-refractivity contribution in [2.75, 3.05) is 19.8 Å². The highest BCUT2D eigenvalue weighted by atomic mass is 16.6. The SMILES string of the molecule is CCC(C)O.CCOC(=O)CC(O)(CC(=O)OCC)C(=O)OCC. The lowest BCUT2D eigenvalue weighted by molar-refractivity contribution is -0.177. The van der Waals surface area contributed by atoms with E-state index in [2.05, 4.69) is 14.2 Å². The first-order valence-electron chi connectivity index (χ1n) is 8.05. The lowest BCUT2D eigenvalue weighted by Gasteiger charge is -2.23. The third kappa shape index (κ3) is 11.8. The first-order chi connectivity index (χ1) is 11.2. The summed E-state index contributed by atoms with van der Waals surface area (Å²) in [4.78, 5) is 34.4. The van der Waals surface area contributed by atoms with Crippen LogP contribution in [0.2, 0.25) is 0 Å². The number of hydrogen-bond donors (Lipinski definition) is 2. The Labute approximate surface area is 143 Å². The van der Waals surface area contributed by atoms with E-state index in [1.165, 1.54) is 0 Å². The van der Waals surface area contributed by atoms with Crippen LogP contribution >= 0.6 is 0 Å². The fourth-order valence-corrected chi connectivity index (χ4v) is 1.37. The minimum absolute atomic E-state index is 0.0206. The minimum Gasteiger partial charge on any atom is -0.466 e. The van der Waals surface area contributed by atoms with Crippen LogP contribution in [0.3, 0.4) is 0 Å². The molecule has 0 aromatic rings. The first-order valence-corrected chi connectivity index (χ1v) is 8.05. The number of ether oxygens (including phenoxy) is 3. The summed E-state index contributed by atoms with van der Waals surface area (Å²) in [5, 5.41) is 18.5. The number of aliphatic hydroxyl groups excluding tert-OH is 1. The van der Waals surface area contributed by atoms with Crippen molar-refractivity contribution in [3.8, 4) is 0 Å². The number of aliphatic hydroxyl groups is 2. The molecule has 2 N–H and O–H groups in total. The molecule has 1 unspecified atom stereocenters. The normalized spacial score (nSPS) is 11.6. The molecule has 24 heavy (non-hydrogen) atoms. The van der Waals surface area contributed by atoms with E-state index >= 15 is 0 Å². The predicted octanol–water partition coefficient (Wildman–Crippen LogP) is 0.964. The van der Waals surface area contributed by atoms with Crippen LogP contribution in [-0.2, 0) is 28.6 Å². The Hall–Kier alpha value is -1.67. The van der Waals surface area contributed by atoms with Gasteiger partial charge in [0.05, 0.1) is 38.8 Å². The summed E-state index contributed by atoms with van der Waals surface area (Å²) in [6, 6.07) is 0. The number of hydrogen-bond acceptors (Lipinski definition) is 8. The predicted molar refractivity (Wildman–Crippen MR) is 86.1 cm³/mol. The third-order valence-electron chi connectivity index (χ3n) is 2.73. The van der Waals surface area contributed by atoms with Crippen LogP contribution < -0.4 is 0 Å². The molecular weight excluding hydrogens is 320 g/mol. The molecule has 0 fully saturated rings. The van der Waals surface area contributed by atoms with Crippen LogP contribution in [0.4, 0.5) is 0 Å². The van der Waals surface area contributed by atoms with E-state index in [4.69, 9.17) is 5.11 Å². The zero-order chi connectivity index (χ0) is 19.2. The Bertz CT molecular complexity index is 358. The Balaban J connectivity index is 0.